The summed E-state index contributed by atoms with van der Waals surface area (Å²) in [5.41, 5.74) is 5.25. The number of pyridine rings is 1. The molecule has 164 valence electrons. The van der Waals surface area contributed by atoms with E-state index < -0.39 is 0 Å². The Morgan fingerprint density at radius 1 is 1.17 bits per heavy atom. The summed E-state index contributed by atoms with van der Waals surface area (Å²) in [5, 5.41) is 10.8. The van der Waals surface area contributed by atoms with E-state index >= 15 is 0 Å². The SMILES string of the molecule is CCCCc1ccc([C@]2(CCNCc3cn[nH]c3C)CCOC3(CCCC3)C2)nc1. The Hall–Kier alpha value is -1.72. The molecule has 0 bridgehead atoms. The van der Waals surface area contributed by atoms with Gasteiger partial charge in [-0.15, -0.1) is 0 Å². The van der Waals surface area contributed by atoms with Gasteiger partial charge in [-0.1, -0.05) is 32.3 Å². The lowest BCUT2D eigenvalue weighted by Gasteiger charge is -2.46. The third kappa shape index (κ3) is 4.78. The number of hydrogen-bond donors (Lipinski definition) is 2. The molecule has 2 aliphatic rings. The summed E-state index contributed by atoms with van der Waals surface area (Å²) in [5.74, 6) is 0. The molecule has 1 atom stereocenters. The van der Waals surface area contributed by atoms with E-state index in [-0.39, 0.29) is 11.0 Å². The van der Waals surface area contributed by atoms with Gasteiger partial charge in [-0.2, -0.15) is 5.10 Å². The van der Waals surface area contributed by atoms with E-state index in [1.165, 1.54) is 55.3 Å². The van der Waals surface area contributed by atoms with Crippen molar-refractivity contribution < 1.29 is 4.74 Å². The number of aromatic nitrogens is 3. The van der Waals surface area contributed by atoms with Gasteiger partial charge in [0.1, 0.15) is 0 Å². The van der Waals surface area contributed by atoms with E-state index in [1.807, 2.05) is 6.20 Å². The fourth-order valence-corrected chi connectivity index (χ4v) is 5.49. The molecule has 2 aromatic rings. The monoisotopic (exact) mass is 410 g/mol. The third-order valence-electron chi connectivity index (χ3n) is 7.38. The lowest BCUT2D eigenvalue weighted by atomic mass is 9.68. The van der Waals surface area contributed by atoms with E-state index in [0.29, 0.717) is 0 Å². The average Bonchev–Trinajstić information content (AvgIpc) is 3.39. The largest absolute Gasteiger partial charge is 0.375 e. The smallest absolute Gasteiger partial charge is 0.0691 e. The minimum Gasteiger partial charge on any atom is -0.375 e. The topological polar surface area (TPSA) is 62.8 Å². The summed E-state index contributed by atoms with van der Waals surface area (Å²) in [6, 6.07) is 4.64. The van der Waals surface area contributed by atoms with Crippen molar-refractivity contribution in [3.05, 3.63) is 47.0 Å². The quantitative estimate of drug-likeness (QED) is 0.571. The first-order valence-electron chi connectivity index (χ1n) is 11.9. The summed E-state index contributed by atoms with van der Waals surface area (Å²) >= 11 is 0. The Morgan fingerprint density at radius 3 is 2.73 bits per heavy atom. The molecule has 5 nitrogen and oxygen atoms in total. The van der Waals surface area contributed by atoms with Gasteiger partial charge in [0, 0.05) is 41.7 Å². The Morgan fingerprint density at radius 2 is 2.03 bits per heavy atom. The van der Waals surface area contributed by atoms with E-state index in [4.69, 9.17) is 9.72 Å². The van der Waals surface area contributed by atoms with Crippen molar-refractivity contribution in [3.8, 4) is 0 Å². The number of hydrogen-bond acceptors (Lipinski definition) is 4. The van der Waals surface area contributed by atoms with Crippen LogP contribution in [-0.4, -0.2) is 33.9 Å². The molecule has 30 heavy (non-hydrogen) atoms. The zero-order valence-electron chi connectivity index (χ0n) is 18.8. The zero-order valence-corrected chi connectivity index (χ0v) is 18.8. The number of rotatable bonds is 9. The molecule has 2 aromatic heterocycles. The van der Waals surface area contributed by atoms with Crippen LogP contribution in [0.25, 0.3) is 0 Å². The van der Waals surface area contributed by atoms with Crippen LogP contribution in [-0.2, 0) is 23.1 Å². The molecule has 0 aromatic carbocycles. The molecule has 0 unspecified atom stereocenters. The van der Waals surface area contributed by atoms with Crippen LogP contribution in [0, 0.1) is 6.92 Å². The van der Waals surface area contributed by atoms with Crippen molar-refractivity contribution >= 4 is 0 Å². The molecule has 1 saturated carbocycles. The Bertz CT molecular complexity index is 794. The Kier molecular flexibility index (Phi) is 6.89. The van der Waals surface area contributed by atoms with Crippen LogP contribution in [0.15, 0.2) is 24.5 Å². The van der Waals surface area contributed by atoms with Crippen molar-refractivity contribution in [2.75, 3.05) is 13.2 Å². The van der Waals surface area contributed by atoms with E-state index in [2.05, 4.69) is 47.7 Å². The van der Waals surface area contributed by atoms with Crippen molar-refractivity contribution in [2.24, 2.45) is 0 Å². The predicted molar refractivity (Wildman–Crippen MR) is 121 cm³/mol. The lowest BCUT2D eigenvalue weighted by molar-refractivity contribution is -0.104. The molecule has 2 N–H and O–H groups in total. The van der Waals surface area contributed by atoms with E-state index in [9.17, 15) is 0 Å². The number of unbranched alkanes of at least 4 members (excludes halogenated alkanes) is 1. The highest BCUT2D eigenvalue weighted by Crippen LogP contribution is 2.49. The van der Waals surface area contributed by atoms with Gasteiger partial charge < -0.3 is 10.1 Å². The summed E-state index contributed by atoms with van der Waals surface area (Å²) < 4.78 is 6.40. The number of ether oxygens (including phenoxy) is 1. The first-order valence-corrected chi connectivity index (χ1v) is 11.9. The minimum atomic E-state index is 0.0853. The number of aryl methyl sites for hydroxylation is 2. The molecule has 1 spiro atoms. The third-order valence-corrected chi connectivity index (χ3v) is 7.38. The van der Waals surface area contributed by atoms with Crippen LogP contribution in [0.1, 0.15) is 87.2 Å². The molecular formula is C25H38N4O. The van der Waals surface area contributed by atoms with Gasteiger partial charge in [0.15, 0.2) is 0 Å². The van der Waals surface area contributed by atoms with E-state index in [1.54, 1.807) is 0 Å². The van der Waals surface area contributed by atoms with Crippen molar-refractivity contribution in [2.45, 2.75) is 95.6 Å². The molecule has 3 heterocycles. The van der Waals surface area contributed by atoms with Crippen molar-refractivity contribution in [1.82, 2.24) is 20.5 Å². The summed E-state index contributed by atoms with van der Waals surface area (Å²) in [6.07, 6.45) is 16.0. The molecule has 1 aliphatic heterocycles. The van der Waals surface area contributed by atoms with Gasteiger partial charge in [-0.25, -0.2) is 0 Å². The summed E-state index contributed by atoms with van der Waals surface area (Å²) in [6.45, 7) is 7.04. The van der Waals surface area contributed by atoms with Crippen LogP contribution in [0.5, 0.6) is 0 Å². The van der Waals surface area contributed by atoms with Crippen LogP contribution in [0.2, 0.25) is 0 Å². The molecule has 2 fully saturated rings. The van der Waals surface area contributed by atoms with Gasteiger partial charge in [-0.05, 0) is 70.0 Å². The van der Waals surface area contributed by atoms with Crippen LogP contribution in [0.3, 0.4) is 0 Å². The molecular weight excluding hydrogens is 372 g/mol. The molecule has 5 heteroatoms. The number of aromatic amines is 1. The second-order valence-corrected chi connectivity index (χ2v) is 9.55. The predicted octanol–water partition coefficient (Wildman–Crippen LogP) is 5.00. The molecule has 0 amide bonds. The fraction of sp³-hybridized carbons (Fsp3) is 0.680. The highest BCUT2D eigenvalue weighted by atomic mass is 16.5. The van der Waals surface area contributed by atoms with Gasteiger partial charge in [0.2, 0.25) is 0 Å². The Labute approximate surface area is 181 Å². The molecule has 0 radical (unpaired) electrons. The summed E-state index contributed by atoms with van der Waals surface area (Å²) in [4.78, 5) is 5.03. The van der Waals surface area contributed by atoms with Gasteiger partial charge in [-0.3, -0.25) is 10.1 Å². The lowest BCUT2D eigenvalue weighted by Crippen LogP contribution is -2.47. The number of H-pyrrole nitrogens is 1. The van der Waals surface area contributed by atoms with Crippen LogP contribution in [0.4, 0.5) is 0 Å². The average molecular weight is 411 g/mol. The maximum atomic E-state index is 6.40. The van der Waals surface area contributed by atoms with Crippen LogP contribution < -0.4 is 5.32 Å². The fourth-order valence-electron chi connectivity index (χ4n) is 5.49. The van der Waals surface area contributed by atoms with Crippen molar-refractivity contribution in [3.63, 3.8) is 0 Å². The standard InChI is InChI=1S/C25H38N4O/c1-3-4-7-21-8-9-23(27-16-21)24(12-14-26-17-22-18-28-29-20(22)2)13-15-30-25(19-24)10-5-6-11-25/h8-9,16,18,26H,3-7,10-15,17,19H2,1-2H3,(H,28,29)/t24-/m1/s1. The second-order valence-electron chi connectivity index (χ2n) is 9.55. The normalized spacial score (nSPS) is 23.3. The Balaban J connectivity index is 1.48. The maximum absolute atomic E-state index is 6.40. The van der Waals surface area contributed by atoms with Gasteiger partial charge in [0.05, 0.1) is 11.8 Å². The second kappa shape index (κ2) is 9.61. The summed E-state index contributed by atoms with van der Waals surface area (Å²) in [7, 11) is 0. The molecule has 1 saturated heterocycles. The first kappa shape index (κ1) is 21.5. The number of nitrogens with one attached hydrogen (secondary N) is 2. The highest BCUT2D eigenvalue weighted by Gasteiger charge is 2.48. The highest BCUT2D eigenvalue weighted by molar-refractivity contribution is 5.24. The van der Waals surface area contributed by atoms with Crippen molar-refractivity contribution in [1.29, 1.82) is 0 Å². The number of nitrogens with zero attached hydrogens (tertiary/aromatic N) is 2. The van der Waals surface area contributed by atoms with Gasteiger partial charge >= 0.3 is 0 Å². The molecule has 1 aliphatic carbocycles. The maximum Gasteiger partial charge on any atom is 0.0691 e. The first-order chi connectivity index (χ1) is 14.6. The minimum absolute atomic E-state index is 0.0853. The molecule has 4 rings (SSSR count). The zero-order chi connectivity index (χ0) is 20.9. The van der Waals surface area contributed by atoms with Gasteiger partial charge in [0.25, 0.3) is 0 Å². The van der Waals surface area contributed by atoms with Crippen LogP contribution >= 0.6 is 0 Å². The van der Waals surface area contributed by atoms with E-state index in [0.717, 1.165) is 51.1 Å².